The Morgan fingerprint density at radius 3 is 2.89 bits per heavy atom. The molecular weight excluding hydrogens is 265 g/mol. The van der Waals surface area contributed by atoms with Gasteiger partial charge < -0.3 is 4.90 Å². The third-order valence-corrected chi connectivity index (χ3v) is 4.09. The van der Waals surface area contributed by atoms with Gasteiger partial charge >= 0.3 is 0 Å². The van der Waals surface area contributed by atoms with E-state index in [1.165, 1.54) is 6.07 Å². The zero-order valence-electron chi connectivity index (χ0n) is 11.2. The van der Waals surface area contributed by atoms with Crippen LogP contribution in [0.4, 0.5) is 4.39 Å². The lowest BCUT2D eigenvalue weighted by Gasteiger charge is -2.28. The Morgan fingerprint density at radius 2 is 2.21 bits per heavy atom. The van der Waals surface area contributed by atoms with E-state index < -0.39 is 0 Å². The maximum atomic E-state index is 13.6. The number of halogens is 2. The molecule has 1 unspecified atom stereocenters. The van der Waals surface area contributed by atoms with Crippen molar-refractivity contribution in [3.8, 4) is 0 Å². The molecule has 104 valence electrons. The van der Waals surface area contributed by atoms with E-state index in [4.69, 9.17) is 11.6 Å². The quantitative estimate of drug-likeness (QED) is 0.757. The highest BCUT2D eigenvalue weighted by atomic mass is 35.5. The van der Waals surface area contributed by atoms with Crippen molar-refractivity contribution in [2.45, 2.75) is 38.6 Å². The SMILES string of the molecule is Cc1ccc(C(=O)N2CCCCCC2CCl)cc1F. The second-order valence-electron chi connectivity index (χ2n) is 5.12. The van der Waals surface area contributed by atoms with Crippen LogP contribution in [0.5, 0.6) is 0 Å². The standard InChI is InChI=1S/C15H19ClFNO/c1-11-6-7-12(9-14(11)17)15(19)18-8-4-2-3-5-13(18)10-16/h6-7,9,13H,2-5,8,10H2,1H3. The molecule has 1 aromatic rings. The second-order valence-corrected chi connectivity index (χ2v) is 5.43. The van der Waals surface area contributed by atoms with Crippen molar-refractivity contribution in [2.75, 3.05) is 12.4 Å². The molecule has 0 bridgehead atoms. The number of nitrogens with zero attached hydrogens (tertiary/aromatic N) is 1. The number of amides is 1. The molecule has 2 nitrogen and oxygen atoms in total. The summed E-state index contributed by atoms with van der Waals surface area (Å²) in [5.41, 5.74) is 0.974. The number of hydrogen-bond donors (Lipinski definition) is 0. The van der Waals surface area contributed by atoms with Crippen molar-refractivity contribution in [3.63, 3.8) is 0 Å². The van der Waals surface area contributed by atoms with Gasteiger partial charge in [-0.2, -0.15) is 0 Å². The van der Waals surface area contributed by atoms with E-state index in [9.17, 15) is 9.18 Å². The molecule has 1 aromatic carbocycles. The van der Waals surface area contributed by atoms with Crippen molar-refractivity contribution >= 4 is 17.5 Å². The van der Waals surface area contributed by atoms with E-state index in [0.29, 0.717) is 23.6 Å². The molecule has 0 radical (unpaired) electrons. The van der Waals surface area contributed by atoms with E-state index in [1.54, 1.807) is 19.1 Å². The fourth-order valence-electron chi connectivity index (χ4n) is 2.50. The first kappa shape index (κ1) is 14.3. The van der Waals surface area contributed by atoms with Gasteiger partial charge in [-0.25, -0.2) is 4.39 Å². The summed E-state index contributed by atoms with van der Waals surface area (Å²) < 4.78 is 13.6. The normalized spacial score (nSPS) is 20.2. The minimum Gasteiger partial charge on any atom is -0.334 e. The van der Waals surface area contributed by atoms with Crippen LogP contribution in [0.25, 0.3) is 0 Å². The van der Waals surface area contributed by atoms with Gasteiger partial charge in [0.05, 0.1) is 0 Å². The number of aryl methyl sites for hydroxylation is 1. The molecule has 0 N–H and O–H groups in total. The van der Waals surface area contributed by atoms with E-state index in [1.807, 2.05) is 4.90 Å². The van der Waals surface area contributed by atoms with E-state index >= 15 is 0 Å². The first-order chi connectivity index (χ1) is 9.13. The number of carbonyl (C=O) groups is 1. The molecule has 1 fully saturated rings. The van der Waals surface area contributed by atoms with Crippen LogP contribution in [-0.2, 0) is 0 Å². The molecule has 1 atom stereocenters. The molecular formula is C15H19ClFNO. The number of rotatable bonds is 2. The molecule has 1 amide bonds. The molecule has 0 aliphatic carbocycles. The van der Waals surface area contributed by atoms with Crippen LogP contribution in [0.15, 0.2) is 18.2 Å². The second kappa shape index (κ2) is 6.38. The predicted molar refractivity (Wildman–Crippen MR) is 75.1 cm³/mol. The molecule has 2 rings (SSSR count). The van der Waals surface area contributed by atoms with Gasteiger partial charge in [0.2, 0.25) is 0 Å². The van der Waals surface area contributed by atoms with Crippen molar-refractivity contribution in [3.05, 3.63) is 35.1 Å². The lowest BCUT2D eigenvalue weighted by molar-refractivity contribution is 0.0700. The van der Waals surface area contributed by atoms with Crippen molar-refractivity contribution in [1.29, 1.82) is 0 Å². The van der Waals surface area contributed by atoms with Gasteiger partial charge in [0, 0.05) is 24.0 Å². The van der Waals surface area contributed by atoms with Gasteiger partial charge in [-0.05, 0) is 37.5 Å². The van der Waals surface area contributed by atoms with Crippen LogP contribution in [0.2, 0.25) is 0 Å². The first-order valence-corrected chi connectivity index (χ1v) is 7.30. The van der Waals surface area contributed by atoms with Crippen molar-refractivity contribution < 1.29 is 9.18 Å². The van der Waals surface area contributed by atoms with Gasteiger partial charge in [0.15, 0.2) is 0 Å². The third-order valence-electron chi connectivity index (χ3n) is 3.73. The van der Waals surface area contributed by atoms with Gasteiger partial charge in [-0.15, -0.1) is 11.6 Å². The average molecular weight is 284 g/mol. The lowest BCUT2D eigenvalue weighted by Crippen LogP contribution is -2.41. The summed E-state index contributed by atoms with van der Waals surface area (Å²) in [4.78, 5) is 14.3. The van der Waals surface area contributed by atoms with Crippen LogP contribution in [0, 0.1) is 12.7 Å². The number of likely N-dealkylation sites (tertiary alicyclic amines) is 1. The third kappa shape index (κ3) is 3.27. The molecule has 19 heavy (non-hydrogen) atoms. The Bertz CT molecular complexity index is 463. The van der Waals surface area contributed by atoms with Crippen LogP contribution in [0.1, 0.15) is 41.6 Å². The number of alkyl halides is 1. The summed E-state index contributed by atoms with van der Waals surface area (Å²) in [6, 6.07) is 4.74. The highest BCUT2D eigenvalue weighted by Crippen LogP contribution is 2.21. The fourth-order valence-corrected chi connectivity index (χ4v) is 2.82. The van der Waals surface area contributed by atoms with E-state index in [2.05, 4.69) is 0 Å². The highest BCUT2D eigenvalue weighted by molar-refractivity contribution is 6.18. The molecule has 1 heterocycles. The monoisotopic (exact) mass is 283 g/mol. The Hall–Kier alpha value is -1.09. The van der Waals surface area contributed by atoms with Crippen LogP contribution >= 0.6 is 11.6 Å². The van der Waals surface area contributed by atoms with Crippen LogP contribution in [-0.4, -0.2) is 29.3 Å². The number of hydrogen-bond acceptors (Lipinski definition) is 1. The van der Waals surface area contributed by atoms with Crippen molar-refractivity contribution in [1.82, 2.24) is 4.90 Å². The van der Waals surface area contributed by atoms with Gasteiger partial charge in [-0.3, -0.25) is 4.79 Å². The topological polar surface area (TPSA) is 20.3 Å². The smallest absolute Gasteiger partial charge is 0.254 e. The summed E-state index contributed by atoms with van der Waals surface area (Å²) in [5.74, 6) is 0.00892. The zero-order chi connectivity index (χ0) is 13.8. The minimum absolute atomic E-state index is 0.0704. The van der Waals surface area contributed by atoms with Crippen LogP contribution in [0.3, 0.4) is 0 Å². The minimum atomic E-state index is -0.330. The lowest BCUT2D eigenvalue weighted by atomic mass is 10.1. The molecule has 1 aliphatic heterocycles. The largest absolute Gasteiger partial charge is 0.334 e. The summed E-state index contributed by atoms with van der Waals surface area (Å²) in [7, 11) is 0. The number of carbonyl (C=O) groups excluding carboxylic acids is 1. The Kier molecular flexibility index (Phi) is 4.81. The molecule has 0 spiro atoms. The Balaban J connectivity index is 2.22. The molecule has 1 saturated heterocycles. The zero-order valence-corrected chi connectivity index (χ0v) is 11.9. The van der Waals surface area contributed by atoms with Gasteiger partial charge in [0.25, 0.3) is 5.91 Å². The molecule has 1 aliphatic rings. The average Bonchev–Trinajstić information content (AvgIpc) is 2.66. The summed E-state index contributed by atoms with van der Waals surface area (Å²) in [6.45, 7) is 2.41. The Morgan fingerprint density at radius 1 is 1.42 bits per heavy atom. The van der Waals surface area contributed by atoms with E-state index in [-0.39, 0.29) is 17.8 Å². The van der Waals surface area contributed by atoms with Crippen LogP contribution < -0.4 is 0 Å². The Labute approximate surface area is 118 Å². The summed E-state index contributed by atoms with van der Waals surface area (Å²) in [6.07, 6.45) is 4.15. The van der Waals surface area contributed by atoms with Gasteiger partial charge in [0.1, 0.15) is 5.82 Å². The predicted octanol–water partition coefficient (Wildman–Crippen LogP) is 3.76. The highest BCUT2D eigenvalue weighted by Gasteiger charge is 2.25. The maximum Gasteiger partial charge on any atom is 0.254 e. The first-order valence-electron chi connectivity index (χ1n) is 6.76. The maximum absolute atomic E-state index is 13.6. The number of benzene rings is 1. The van der Waals surface area contributed by atoms with E-state index in [0.717, 1.165) is 25.7 Å². The molecule has 0 saturated carbocycles. The fraction of sp³-hybridized carbons (Fsp3) is 0.533. The summed E-state index contributed by atoms with van der Waals surface area (Å²) >= 11 is 5.97. The van der Waals surface area contributed by atoms with Crippen molar-refractivity contribution in [2.24, 2.45) is 0 Å². The summed E-state index contributed by atoms with van der Waals surface area (Å²) in [5, 5.41) is 0. The molecule has 4 heteroatoms. The molecule has 0 aromatic heterocycles. The van der Waals surface area contributed by atoms with Gasteiger partial charge in [-0.1, -0.05) is 18.9 Å².